The molecular weight excluding hydrogens is 204 g/mol. The number of hydrogen-bond donors (Lipinski definition) is 1. The van der Waals surface area contributed by atoms with Crippen molar-refractivity contribution < 1.29 is 9.53 Å². The topological polar surface area (TPSA) is 62.1 Å². The molecule has 0 unspecified atom stereocenters. The van der Waals surface area contributed by atoms with Crippen molar-refractivity contribution in [3.8, 4) is 6.07 Å². The van der Waals surface area contributed by atoms with E-state index in [4.69, 9.17) is 10.00 Å². The highest BCUT2D eigenvalue weighted by atomic mass is 16.5. The number of anilines is 1. The van der Waals surface area contributed by atoms with Crippen LogP contribution in [0.1, 0.15) is 5.56 Å². The summed E-state index contributed by atoms with van der Waals surface area (Å²) in [4.78, 5) is 11.3. The van der Waals surface area contributed by atoms with Gasteiger partial charge in [0.1, 0.15) is 6.61 Å². The van der Waals surface area contributed by atoms with Crippen molar-refractivity contribution in [2.24, 2.45) is 0 Å². The lowest BCUT2D eigenvalue weighted by atomic mass is 10.2. The van der Waals surface area contributed by atoms with Gasteiger partial charge in [-0.1, -0.05) is 6.08 Å². The number of carbonyl (C=O) groups is 1. The molecule has 0 heterocycles. The molecule has 0 aliphatic rings. The molecule has 0 bridgehead atoms. The van der Waals surface area contributed by atoms with Crippen LogP contribution in [0.25, 0.3) is 0 Å². The standard InChI is InChI=1S/C12H12N2O2/c1-2-7-16-9-12(15)14-11-5-3-10(8-13)4-6-11/h2-6H,1,7,9H2,(H,14,15). The van der Waals surface area contributed by atoms with E-state index in [-0.39, 0.29) is 12.5 Å². The van der Waals surface area contributed by atoms with E-state index in [1.807, 2.05) is 6.07 Å². The van der Waals surface area contributed by atoms with E-state index < -0.39 is 0 Å². The molecule has 0 atom stereocenters. The van der Waals surface area contributed by atoms with E-state index in [2.05, 4.69) is 11.9 Å². The molecule has 4 heteroatoms. The number of nitrogens with one attached hydrogen (secondary N) is 1. The van der Waals surface area contributed by atoms with Gasteiger partial charge in [-0.2, -0.15) is 5.26 Å². The molecule has 0 spiro atoms. The average Bonchev–Trinajstić information content (AvgIpc) is 2.30. The van der Waals surface area contributed by atoms with Gasteiger partial charge < -0.3 is 10.1 Å². The fraction of sp³-hybridized carbons (Fsp3) is 0.167. The number of hydrogen-bond acceptors (Lipinski definition) is 3. The molecule has 1 amide bonds. The predicted molar refractivity (Wildman–Crippen MR) is 60.8 cm³/mol. The first-order valence-corrected chi connectivity index (χ1v) is 4.75. The van der Waals surface area contributed by atoms with Gasteiger partial charge in [0.15, 0.2) is 0 Å². The first kappa shape index (κ1) is 12.0. The summed E-state index contributed by atoms with van der Waals surface area (Å²) in [6.07, 6.45) is 1.58. The van der Waals surface area contributed by atoms with Crippen LogP contribution in [0, 0.1) is 11.3 Å². The van der Waals surface area contributed by atoms with Crippen LogP contribution in [-0.4, -0.2) is 19.1 Å². The molecule has 0 aliphatic carbocycles. The zero-order valence-electron chi connectivity index (χ0n) is 8.77. The average molecular weight is 216 g/mol. The van der Waals surface area contributed by atoms with Gasteiger partial charge in [-0.25, -0.2) is 0 Å². The SMILES string of the molecule is C=CCOCC(=O)Nc1ccc(C#N)cc1. The minimum atomic E-state index is -0.230. The maximum absolute atomic E-state index is 11.3. The van der Waals surface area contributed by atoms with E-state index >= 15 is 0 Å². The van der Waals surface area contributed by atoms with Crippen molar-refractivity contribution >= 4 is 11.6 Å². The summed E-state index contributed by atoms with van der Waals surface area (Å²) in [5.41, 5.74) is 1.20. The smallest absolute Gasteiger partial charge is 0.250 e. The monoisotopic (exact) mass is 216 g/mol. The highest BCUT2D eigenvalue weighted by molar-refractivity contribution is 5.91. The second kappa shape index (κ2) is 6.38. The summed E-state index contributed by atoms with van der Waals surface area (Å²) in [7, 11) is 0. The van der Waals surface area contributed by atoms with Crippen molar-refractivity contribution in [2.75, 3.05) is 18.5 Å². The molecular formula is C12H12N2O2. The summed E-state index contributed by atoms with van der Waals surface area (Å²) in [5, 5.41) is 11.2. The van der Waals surface area contributed by atoms with E-state index in [9.17, 15) is 4.79 Å². The van der Waals surface area contributed by atoms with Gasteiger partial charge >= 0.3 is 0 Å². The third-order valence-electron chi connectivity index (χ3n) is 1.77. The van der Waals surface area contributed by atoms with Crippen LogP contribution in [-0.2, 0) is 9.53 Å². The lowest BCUT2D eigenvalue weighted by molar-refractivity contribution is -0.120. The highest BCUT2D eigenvalue weighted by Crippen LogP contribution is 2.08. The number of nitriles is 1. The molecule has 82 valence electrons. The zero-order chi connectivity index (χ0) is 11.8. The van der Waals surface area contributed by atoms with Gasteiger partial charge in [0.2, 0.25) is 5.91 Å². The molecule has 0 saturated heterocycles. The molecule has 1 aromatic carbocycles. The fourth-order valence-corrected chi connectivity index (χ4v) is 1.06. The van der Waals surface area contributed by atoms with E-state index in [0.29, 0.717) is 17.9 Å². The zero-order valence-corrected chi connectivity index (χ0v) is 8.77. The lowest BCUT2D eigenvalue weighted by Gasteiger charge is -2.04. The van der Waals surface area contributed by atoms with Crippen LogP contribution in [0.2, 0.25) is 0 Å². The van der Waals surface area contributed by atoms with Gasteiger partial charge in [0.25, 0.3) is 0 Å². The number of benzene rings is 1. The Kier molecular flexibility index (Phi) is 4.77. The number of nitrogens with zero attached hydrogens (tertiary/aromatic N) is 1. The Hall–Kier alpha value is -2.12. The second-order valence-electron chi connectivity index (χ2n) is 3.04. The van der Waals surface area contributed by atoms with Gasteiger partial charge in [-0.15, -0.1) is 6.58 Å². The quantitative estimate of drug-likeness (QED) is 0.602. The van der Waals surface area contributed by atoms with Gasteiger partial charge in [-0.05, 0) is 24.3 Å². The van der Waals surface area contributed by atoms with Crippen molar-refractivity contribution in [2.45, 2.75) is 0 Å². The molecule has 4 nitrogen and oxygen atoms in total. The normalized spacial score (nSPS) is 9.19. The molecule has 1 N–H and O–H groups in total. The Morgan fingerprint density at radius 1 is 1.50 bits per heavy atom. The van der Waals surface area contributed by atoms with Gasteiger partial charge in [-0.3, -0.25) is 4.79 Å². The first-order chi connectivity index (χ1) is 7.76. The third-order valence-corrected chi connectivity index (χ3v) is 1.77. The third kappa shape index (κ3) is 3.95. The maximum Gasteiger partial charge on any atom is 0.250 e. The van der Waals surface area contributed by atoms with E-state index in [0.717, 1.165) is 0 Å². The van der Waals surface area contributed by atoms with E-state index in [1.165, 1.54) is 0 Å². The lowest BCUT2D eigenvalue weighted by Crippen LogP contribution is -2.18. The van der Waals surface area contributed by atoms with Gasteiger partial charge in [0, 0.05) is 5.69 Å². The Morgan fingerprint density at radius 3 is 2.75 bits per heavy atom. The Bertz CT molecular complexity index is 404. The number of ether oxygens (including phenoxy) is 1. The van der Waals surface area contributed by atoms with Crippen molar-refractivity contribution in [1.82, 2.24) is 0 Å². The fourth-order valence-electron chi connectivity index (χ4n) is 1.06. The van der Waals surface area contributed by atoms with Crippen molar-refractivity contribution in [1.29, 1.82) is 5.26 Å². The van der Waals surface area contributed by atoms with E-state index in [1.54, 1.807) is 30.3 Å². The molecule has 0 saturated carbocycles. The van der Waals surface area contributed by atoms with Crippen molar-refractivity contribution in [3.63, 3.8) is 0 Å². The number of carbonyl (C=O) groups excluding carboxylic acids is 1. The summed E-state index contributed by atoms with van der Waals surface area (Å²) >= 11 is 0. The first-order valence-electron chi connectivity index (χ1n) is 4.75. The Morgan fingerprint density at radius 2 is 2.19 bits per heavy atom. The molecule has 1 rings (SSSR count). The molecule has 0 aromatic heterocycles. The summed E-state index contributed by atoms with van der Waals surface area (Å²) in [6, 6.07) is 8.62. The molecule has 0 aliphatic heterocycles. The second-order valence-corrected chi connectivity index (χ2v) is 3.04. The maximum atomic E-state index is 11.3. The summed E-state index contributed by atoms with van der Waals surface area (Å²) in [5.74, 6) is -0.230. The molecule has 0 radical (unpaired) electrons. The minimum Gasteiger partial charge on any atom is -0.368 e. The summed E-state index contributed by atoms with van der Waals surface area (Å²) in [6.45, 7) is 3.81. The largest absolute Gasteiger partial charge is 0.368 e. The highest BCUT2D eigenvalue weighted by Gasteiger charge is 2.01. The van der Waals surface area contributed by atoms with Crippen molar-refractivity contribution in [3.05, 3.63) is 42.5 Å². The minimum absolute atomic E-state index is 0.00792. The predicted octanol–water partition coefficient (Wildman–Crippen LogP) is 1.70. The van der Waals surface area contributed by atoms with Crippen LogP contribution in [0.3, 0.4) is 0 Å². The van der Waals surface area contributed by atoms with Crippen LogP contribution in [0.5, 0.6) is 0 Å². The van der Waals surface area contributed by atoms with Gasteiger partial charge in [0.05, 0.1) is 18.2 Å². The van der Waals surface area contributed by atoms with Crippen LogP contribution >= 0.6 is 0 Å². The molecule has 16 heavy (non-hydrogen) atoms. The number of rotatable bonds is 5. The summed E-state index contributed by atoms with van der Waals surface area (Å²) < 4.78 is 4.98. The molecule has 0 fully saturated rings. The van der Waals surface area contributed by atoms with Crippen LogP contribution in [0.4, 0.5) is 5.69 Å². The Labute approximate surface area is 94.1 Å². The molecule has 1 aromatic rings. The van der Waals surface area contributed by atoms with Crippen LogP contribution in [0.15, 0.2) is 36.9 Å². The van der Waals surface area contributed by atoms with Crippen LogP contribution < -0.4 is 5.32 Å². The Balaban J connectivity index is 2.44. The number of amides is 1.